The number of aryl methyl sites for hydroxylation is 2. The van der Waals surface area contributed by atoms with E-state index in [1.807, 2.05) is 50.2 Å². The van der Waals surface area contributed by atoms with Gasteiger partial charge in [0.25, 0.3) is 0 Å². The lowest BCUT2D eigenvalue weighted by atomic mass is 10.1. The van der Waals surface area contributed by atoms with Gasteiger partial charge in [0.15, 0.2) is 0 Å². The fourth-order valence-electron chi connectivity index (χ4n) is 2.63. The van der Waals surface area contributed by atoms with E-state index in [4.69, 9.17) is 4.74 Å². The van der Waals surface area contributed by atoms with Gasteiger partial charge in [0.05, 0.1) is 12.8 Å². The predicted octanol–water partition coefficient (Wildman–Crippen LogP) is 1.96. The number of nitrogens with zero attached hydrogens (tertiary/aromatic N) is 2. The summed E-state index contributed by atoms with van der Waals surface area (Å²) in [5, 5.41) is 7.10. The van der Waals surface area contributed by atoms with E-state index >= 15 is 0 Å². The predicted molar refractivity (Wildman–Crippen MR) is 90.5 cm³/mol. The zero-order valence-corrected chi connectivity index (χ0v) is 14.4. The molecular formula is C18H23N3O3. The van der Waals surface area contributed by atoms with Gasteiger partial charge < -0.3 is 10.1 Å². The maximum atomic E-state index is 12.5. The molecule has 0 unspecified atom stereocenters. The van der Waals surface area contributed by atoms with Crippen LogP contribution < -0.4 is 5.32 Å². The summed E-state index contributed by atoms with van der Waals surface area (Å²) in [7, 11) is 1.32. The van der Waals surface area contributed by atoms with Gasteiger partial charge in [0.1, 0.15) is 12.1 Å². The van der Waals surface area contributed by atoms with Crippen LogP contribution >= 0.6 is 0 Å². The molecule has 24 heavy (non-hydrogen) atoms. The van der Waals surface area contributed by atoms with E-state index in [9.17, 15) is 9.59 Å². The molecule has 1 N–H and O–H groups in total. The van der Waals surface area contributed by atoms with Gasteiger partial charge in [-0.15, -0.1) is 0 Å². The molecule has 6 heteroatoms. The molecule has 128 valence electrons. The van der Waals surface area contributed by atoms with Gasteiger partial charge in [0.2, 0.25) is 5.91 Å². The molecule has 1 heterocycles. The number of hydrogen-bond donors (Lipinski definition) is 1. The van der Waals surface area contributed by atoms with Crippen LogP contribution in [0.2, 0.25) is 0 Å². The first-order valence-corrected chi connectivity index (χ1v) is 7.87. The summed E-state index contributed by atoms with van der Waals surface area (Å²) in [6, 6.07) is 10.2. The van der Waals surface area contributed by atoms with Gasteiger partial charge in [-0.25, -0.2) is 4.79 Å². The van der Waals surface area contributed by atoms with Gasteiger partial charge in [-0.3, -0.25) is 9.48 Å². The van der Waals surface area contributed by atoms with Crippen LogP contribution in [0.25, 0.3) is 0 Å². The molecule has 6 nitrogen and oxygen atoms in total. The maximum absolute atomic E-state index is 12.5. The Morgan fingerprint density at radius 3 is 2.46 bits per heavy atom. The van der Waals surface area contributed by atoms with Gasteiger partial charge >= 0.3 is 5.97 Å². The van der Waals surface area contributed by atoms with Crippen LogP contribution in [0.4, 0.5) is 0 Å². The van der Waals surface area contributed by atoms with E-state index in [2.05, 4.69) is 10.4 Å². The van der Waals surface area contributed by atoms with Crippen LogP contribution in [0.5, 0.6) is 0 Å². The average molecular weight is 329 g/mol. The van der Waals surface area contributed by atoms with Gasteiger partial charge in [-0.05, 0) is 32.4 Å². The van der Waals surface area contributed by atoms with Crippen LogP contribution in [-0.4, -0.2) is 34.8 Å². The number of nitrogens with one attached hydrogen (secondary N) is 1. The highest BCUT2D eigenvalue weighted by Gasteiger charge is 2.26. The summed E-state index contributed by atoms with van der Waals surface area (Å²) in [5.74, 6) is -0.736. The van der Waals surface area contributed by atoms with E-state index in [1.54, 1.807) is 11.6 Å². The first-order chi connectivity index (χ1) is 11.4. The average Bonchev–Trinajstić information content (AvgIpc) is 2.92. The van der Waals surface area contributed by atoms with Crippen molar-refractivity contribution in [2.75, 3.05) is 7.11 Å². The maximum Gasteiger partial charge on any atom is 0.328 e. The Hall–Kier alpha value is -2.63. The van der Waals surface area contributed by atoms with Crippen molar-refractivity contribution in [2.45, 2.75) is 39.3 Å². The second kappa shape index (κ2) is 7.77. The largest absolute Gasteiger partial charge is 0.467 e. The molecule has 1 aromatic carbocycles. The van der Waals surface area contributed by atoms with Crippen molar-refractivity contribution in [3.8, 4) is 0 Å². The molecular weight excluding hydrogens is 306 g/mol. The SMILES string of the molecule is COC(=O)[C@H](Cc1ccccc1)NC(=O)[C@@H](C)n1nc(C)cc1C. The van der Waals surface area contributed by atoms with E-state index in [0.29, 0.717) is 6.42 Å². The lowest BCUT2D eigenvalue weighted by Crippen LogP contribution is -2.45. The summed E-state index contributed by atoms with van der Waals surface area (Å²) in [4.78, 5) is 24.6. The first-order valence-electron chi connectivity index (χ1n) is 7.87. The quantitative estimate of drug-likeness (QED) is 0.822. The van der Waals surface area contributed by atoms with Crippen molar-refractivity contribution in [3.63, 3.8) is 0 Å². The van der Waals surface area contributed by atoms with Crippen molar-refractivity contribution >= 4 is 11.9 Å². The Labute approximate surface area is 141 Å². The number of hydrogen-bond acceptors (Lipinski definition) is 4. The highest BCUT2D eigenvalue weighted by Crippen LogP contribution is 2.12. The highest BCUT2D eigenvalue weighted by atomic mass is 16.5. The molecule has 1 aromatic heterocycles. The van der Waals surface area contributed by atoms with Crippen LogP contribution in [0.1, 0.15) is 29.9 Å². The second-order valence-corrected chi connectivity index (χ2v) is 5.82. The highest BCUT2D eigenvalue weighted by molar-refractivity contribution is 5.86. The number of methoxy groups -OCH3 is 1. The molecule has 0 fully saturated rings. The Balaban J connectivity index is 2.12. The van der Waals surface area contributed by atoms with Crippen LogP contribution in [0, 0.1) is 13.8 Å². The molecule has 0 aliphatic rings. The molecule has 0 aliphatic heterocycles. The third-order valence-corrected chi connectivity index (χ3v) is 3.88. The topological polar surface area (TPSA) is 73.2 Å². The zero-order chi connectivity index (χ0) is 17.7. The normalized spacial score (nSPS) is 13.2. The monoisotopic (exact) mass is 329 g/mol. The lowest BCUT2D eigenvalue weighted by molar-refractivity contribution is -0.145. The smallest absolute Gasteiger partial charge is 0.328 e. The van der Waals surface area contributed by atoms with E-state index < -0.39 is 18.1 Å². The summed E-state index contributed by atoms with van der Waals surface area (Å²) >= 11 is 0. The Morgan fingerprint density at radius 1 is 1.25 bits per heavy atom. The van der Waals surface area contributed by atoms with Crippen LogP contribution in [0.3, 0.4) is 0 Å². The number of ether oxygens (including phenoxy) is 1. The molecule has 0 aliphatic carbocycles. The van der Waals surface area contributed by atoms with Crippen molar-refractivity contribution < 1.29 is 14.3 Å². The van der Waals surface area contributed by atoms with Crippen molar-refractivity contribution in [1.29, 1.82) is 0 Å². The fourth-order valence-corrected chi connectivity index (χ4v) is 2.63. The minimum absolute atomic E-state index is 0.271. The number of carbonyl (C=O) groups is 2. The Kier molecular flexibility index (Phi) is 5.73. The third-order valence-electron chi connectivity index (χ3n) is 3.88. The molecule has 0 radical (unpaired) electrons. The molecule has 0 saturated carbocycles. The summed E-state index contributed by atoms with van der Waals surface area (Å²) in [5.41, 5.74) is 2.70. The lowest BCUT2D eigenvalue weighted by Gasteiger charge is -2.20. The molecule has 2 atom stereocenters. The number of benzene rings is 1. The number of amides is 1. The van der Waals surface area contributed by atoms with Crippen molar-refractivity contribution in [3.05, 3.63) is 53.3 Å². The van der Waals surface area contributed by atoms with E-state index in [0.717, 1.165) is 17.0 Å². The van der Waals surface area contributed by atoms with Gasteiger partial charge in [-0.1, -0.05) is 30.3 Å². The molecule has 2 aromatic rings. The van der Waals surface area contributed by atoms with Crippen molar-refractivity contribution in [2.24, 2.45) is 0 Å². The Morgan fingerprint density at radius 2 is 1.92 bits per heavy atom. The van der Waals surface area contributed by atoms with Crippen molar-refractivity contribution in [1.82, 2.24) is 15.1 Å². The molecule has 1 amide bonds. The summed E-state index contributed by atoms with van der Waals surface area (Å²) < 4.78 is 6.48. The number of aromatic nitrogens is 2. The zero-order valence-electron chi connectivity index (χ0n) is 14.4. The standard InChI is InChI=1S/C18H23N3O3/c1-12-10-13(2)21(20-12)14(3)17(22)19-16(18(23)24-4)11-15-8-6-5-7-9-15/h5-10,14,16H,11H2,1-4H3,(H,19,22)/t14-,16+/m1/s1. The molecule has 0 bridgehead atoms. The molecule has 0 saturated heterocycles. The fraction of sp³-hybridized carbons (Fsp3) is 0.389. The number of esters is 1. The second-order valence-electron chi connectivity index (χ2n) is 5.82. The summed E-state index contributed by atoms with van der Waals surface area (Å²) in [6.07, 6.45) is 0.378. The van der Waals surface area contributed by atoms with Crippen LogP contribution in [0.15, 0.2) is 36.4 Å². The van der Waals surface area contributed by atoms with E-state index in [-0.39, 0.29) is 5.91 Å². The van der Waals surface area contributed by atoms with Crippen LogP contribution in [-0.2, 0) is 20.7 Å². The Bertz CT molecular complexity index is 710. The van der Waals surface area contributed by atoms with Gasteiger partial charge in [0, 0.05) is 12.1 Å². The number of carbonyl (C=O) groups excluding carboxylic acids is 2. The minimum Gasteiger partial charge on any atom is -0.467 e. The third kappa shape index (κ3) is 4.22. The number of rotatable bonds is 6. The minimum atomic E-state index is -0.732. The molecule has 0 spiro atoms. The molecule has 2 rings (SSSR count). The van der Waals surface area contributed by atoms with Gasteiger partial charge in [-0.2, -0.15) is 5.10 Å². The van der Waals surface area contributed by atoms with E-state index in [1.165, 1.54) is 7.11 Å². The first kappa shape index (κ1) is 17.7. The summed E-state index contributed by atoms with van der Waals surface area (Å²) in [6.45, 7) is 5.53.